The van der Waals surface area contributed by atoms with Crippen molar-refractivity contribution < 1.29 is 9.53 Å². The van der Waals surface area contributed by atoms with E-state index in [1.807, 2.05) is 30.3 Å². The van der Waals surface area contributed by atoms with Crippen LogP contribution in [0.5, 0.6) is 0 Å². The summed E-state index contributed by atoms with van der Waals surface area (Å²) in [6.07, 6.45) is 3.88. The Hall–Kier alpha value is -1.98. The molecule has 1 fully saturated rings. The molecular weight excluding hydrogens is 278 g/mol. The van der Waals surface area contributed by atoms with Crippen molar-refractivity contribution in [2.75, 3.05) is 26.8 Å². The largest absolute Gasteiger partial charge is 0.383 e. The molecule has 1 unspecified atom stereocenters. The minimum Gasteiger partial charge on any atom is -0.383 e. The van der Waals surface area contributed by atoms with Gasteiger partial charge in [0, 0.05) is 30.8 Å². The van der Waals surface area contributed by atoms with Crippen LogP contribution in [0.25, 0.3) is 10.9 Å². The number of methoxy groups -OCH3 is 1. The predicted octanol–water partition coefficient (Wildman–Crippen LogP) is 1.73. The number of nitrogens with zero attached hydrogens (tertiary/aromatic N) is 1. The highest BCUT2D eigenvalue weighted by Crippen LogP contribution is 2.19. The van der Waals surface area contributed by atoms with Gasteiger partial charge in [0.1, 0.15) is 0 Å². The molecule has 2 heterocycles. The van der Waals surface area contributed by atoms with Crippen LogP contribution >= 0.6 is 0 Å². The minimum absolute atomic E-state index is 0.0602. The van der Waals surface area contributed by atoms with Crippen molar-refractivity contribution >= 4 is 16.8 Å². The lowest BCUT2D eigenvalue weighted by Crippen LogP contribution is -2.52. The Morgan fingerprint density at radius 3 is 3.14 bits per heavy atom. The van der Waals surface area contributed by atoms with E-state index in [9.17, 15) is 4.79 Å². The summed E-state index contributed by atoms with van der Waals surface area (Å²) in [6.45, 7) is 2.15. The molecule has 1 aromatic carbocycles. The van der Waals surface area contributed by atoms with E-state index in [0.717, 1.165) is 30.3 Å². The van der Waals surface area contributed by atoms with Gasteiger partial charge in [-0.1, -0.05) is 6.07 Å². The monoisotopic (exact) mass is 299 g/mol. The van der Waals surface area contributed by atoms with Gasteiger partial charge in [0.25, 0.3) is 5.91 Å². The van der Waals surface area contributed by atoms with Crippen molar-refractivity contribution in [1.29, 1.82) is 0 Å². The smallest absolute Gasteiger partial charge is 0.251 e. The fraction of sp³-hybridized carbons (Fsp3) is 0.412. The van der Waals surface area contributed by atoms with Crippen molar-refractivity contribution in [3.8, 4) is 0 Å². The lowest BCUT2D eigenvalue weighted by atomic mass is 9.98. The van der Waals surface area contributed by atoms with Gasteiger partial charge in [0.05, 0.1) is 17.7 Å². The highest BCUT2D eigenvalue weighted by Gasteiger charge is 2.33. The Balaban J connectivity index is 1.70. The van der Waals surface area contributed by atoms with Gasteiger partial charge < -0.3 is 15.4 Å². The van der Waals surface area contributed by atoms with Gasteiger partial charge in [-0.05, 0) is 43.7 Å². The molecule has 2 aromatic rings. The molecule has 0 bridgehead atoms. The van der Waals surface area contributed by atoms with E-state index in [2.05, 4.69) is 15.6 Å². The Morgan fingerprint density at radius 1 is 1.45 bits per heavy atom. The molecule has 2 N–H and O–H groups in total. The normalized spacial score (nSPS) is 21.1. The molecule has 1 amide bonds. The summed E-state index contributed by atoms with van der Waals surface area (Å²) in [5.74, 6) is -0.0602. The number of nitrogens with one attached hydrogen (secondary N) is 2. The SMILES string of the molecule is COCC1(CNC(=O)c2ccc3ncccc3c2)CCCN1. The highest BCUT2D eigenvalue weighted by atomic mass is 16.5. The van der Waals surface area contributed by atoms with E-state index in [4.69, 9.17) is 4.74 Å². The molecule has 5 heteroatoms. The maximum absolute atomic E-state index is 12.4. The second-order valence-corrected chi connectivity index (χ2v) is 5.84. The molecule has 22 heavy (non-hydrogen) atoms. The van der Waals surface area contributed by atoms with E-state index >= 15 is 0 Å². The number of amides is 1. The van der Waals surface area contributed by atoms with Gasteiger partial charge in [0.15, 0.2) is 0 Å². The molecule has 1 aromatic heterocycles. The topological polar surface area (TPSA) is 63.2 Å². The summed E-state index contributed by atoms with van der Waals surface area (Å²) >= 11 is 0. The summed E-state index contributed by atoms with van der Waals surface area (Å²) in [6, 6.07) is 9.41. The number of aromatic nitrogens is 1. The standard InChI is InChI=1S/C17H21N3O2/c1-22-12-17(7-3-9-20-17)11-19-16(21)14-5-6-15-13(10-14)4-2-8-18-15/h2,4-6,8,10,20H,3,7,9,11-12H2,1H3,(H,19,21). The Labute approximate surface area is 130 Å². The lowest BCUT2D eigenvalue weighted by molar-refractivity contribution is 0.0892. The number of rotatable bonds is 5. The molecule has 0 spiro atoms. The zero-order chi connectivity index (χ0) is 15.4. The van der Waals surface area contributed by atoms with E-state index < -0.39 is 0 Å². The second-order valence-electron chi connectivity index (χ2n) is 5.84. The van der Waals surface area contributed by atoms with Crippen molar-refractivity contribution in [3.05, 3.63) is 42.1 Å². The maximum Gasteiger partial charge on any atom is 0.251 e. The first-order valence-corrected chi connectivity index (χ1v) is 7.59. The van der Waals surface area contributed by atoms with Crippen LogP contribution in [0, 0.1) is 0 Å². The third-order valence-electron chi connectivity index (χ3n) is 4.21. The van der Waals surface area contributed by atoms with E-state index in [0.29, 0.717) is 18.7 Å². The summed E-state index contributed by atoms with van der Waals surface area (Å²) in [5.41, 5.74) is 1.42. The molecule has 1 saturated heterocycles. The minimum atomic E-state index is -0.136. The first-order valence-electron chi connectivity index (χ1n) is 7.59. The van der Waals surface area contributed by atoms with Crippen LogP contribution in [0.3, 0.4) is 0 Å². The number of ether oxygens (including phenoxy) is 1. The lowest BCUT2D eigenvalue weighted by Gasteiger charge is -2.29. The van der Waals surface area contributed by atoms with Gasteiger partial charge in [-0.3, -0.25) is 9.78 Å². The van der Waals surface area contributed by atoms with E-state index in [1.165, 1.54) is 0 Å². The van der Waals surface area contributed by atoms with E-state index in [-0.39, 0.29) is 11.4 Å². The first-order chi connectivity index (χ1) is 10.7. The molecular formula is C17H21N3O2. The molecule has 5 nitrogen and oxygen atoms in total. The molecule has 116 valence electrons. The van der Waals surface area contributed by atoms with Crippen LogP contribution in [0.4, 0.5) is 0 Å². The Bertz CT molecular complexity index is 666. The van der Waals surface area contributed by atoms with Crippen molar-refractivity contribution in [1.82, 2.24) is 15.6 Å². The van der Waals surface area contributed by atoms with Crippen LogP contribution in [0.1, 0.15) is 23.2 Å². The molecule has 1 aliphatic heterocycles. The summed E-state index contributed by atoms with van der Waals surface area (Å²) in [4.78, 5) is 16.7. The quantitative estimate of drug-likeness (QED) is 0.882. The van der Waals surface area contributed by atoms with E-state index in [1.54, 1.807) is 13.3 Å². The zero-order valence-electron chi connectivity index (χ0n) is 12.8. The van der Waals surface area contributed by atoms with Crippen molar-refractivity contribution in [2.24, 2.45) is 0 Å². The van der Waals surface area contributed by atoms with Gasteiger partial charge in [0.2, 0.25) is 0 Å². The Kier molecular flexibility index (Phi) is 4.36. The fourth-order valence-electron chi connectivity index (χ4n) is 3.04. The molecule has 1 aliphatic rings. The van der Waals surface area contributed by atoms with Crippen LogP contribution in [-0.4, -0.2) is 43.2 Å². The van der Waals surface area contributed by atoms with Gasteiger partial charge >= 0.3 is 0 Å². The van der Waals surface area contributed by atoms with Crippen molar-refractivity contribution in [3.63, 3.8) is 0 Å². The number of hydrogen-bond acceptors (Lipinski definition) is 4. The fourth-order valence-corrected chi connectivity index (χ4v) is 3.04. The number of fused-ring (bicyclic) bond motifs is 1. The predicted molar refractivity (Wildman–Crippen MR) is 85.9 cm³/mol. The maximum atomic E-state index is 12.4. The zero-order valence-corrected chi connectivity index (χ0v) is 12.8. The summed E-state index contributed by atoms with van der Waals surface area (Å²) in [7, 11) is 1.69. The van der Waals surface area contributed by atoms with Gasteiger partial charge in [-0.25, -0.2) is 0 Å². The molecule has 0 saturated carbocycles. The number of pyridine rings is 1. The van der Waals surface area contributed by atoms with Crippen LogP contribution in [0.15, 0.2) is 36.5 Å². The molecule has 1 atom stereocenters. The number of benzene rings is 1. The number of carbonyl (C=O) groups is 1. The average molecular weight is 299 g/mol. The molecule has 0 radical (unpaired) electrons. The van der Waals surface area contributed by atoms with Gasteiger partial charge in [-0.15, -0.1) is 0 Å². The van der Waals surface area contributed by atoms with Crippen LogP contribution in [0.2, 0.25) is 0 Å². The van der Waals surface area contributed by atoms with Gasteiger partial charge in [-0.2, -0.15) is 0 Å². The van der Waals surface area contributed by atoms with Crippen LogP contribution < -0.4 is 10.6 Å². The van der Waals surface area contributed by atoms with Crippen LogP contribution in [-0.2, 0) is 4.74 Å². The summed E-state index contributed by atoms with van der Waals surface area (Å²) in [5, 5.41) is 7.46. The third kappa shape index (κ3) is 3.10. The second kappa shape index (κ2) is 6.42. The average Bonchev–Trinajstić information content (AvgIpc) is 3.01. The summed E-state index contributed by atoms with van der Waals surface area (Å²) < 4.78 is 5.30. The number of carbonyl (C=O) groups excluding carboxylic acids is 1. The highest BCUT2D eigenvalue weighted by molar-refractivity contribution is 5.97. The molecule has 0 aliphatic carbocycles. The first kappa shape index (κ1) is 14.9. The third-order valence-corrected chi connectivity index (χ3v) is 4.21. The number of hydrogen-bond donors (Lipinski definition) is 2. The van der Waals surface area contributed by atoms with Crippen molar-refractivity contribution in [2.45, 2.75) is 18.4 Å². The molecule has 3 rings (SSSR count). The Morgan fingerprint density at radius 2 is 2.36 bits per heavy atom.